The molecule has 0 unspecified atom stereocenters. The van der Waals surface area contributed by atoms with Crippen molar-refractivity contribution in [3.05, 3.63) is 60.2 Å². The smallest absolute Gasteiger partial charge is 0.224 e. The van der Waals surface area contributed by atoms with Crippen LogP contribution in [0.15, 0.2) is 54.6 Å². The van der Waals surface area contributed by atoms with Gasteiger partial charge >= 0.3 is 0 Å². The number of ether oxygens (including phenoxy) is 2. The molecule has 0 fully saturated rings. The molecule has 2 aromatic rings. The Balaban J connectivity index is 1.53. The fourth-order valence-corrected chi connectivity index (χ4v) is 2.72. The van der Waals surface area contributed by atoms with Crippen LogP contribution in [0.5, 0.6) is 11.5 Å². The largest absolute Gasteiger partial charge is 0.486 e. The zero-order valence-corrected chi connectivity index (χ0v) is 13.7. The average Bonchev–Trinajstić information content (AvgIpc) is 2.62. The van der Waals surface area contributed by atoms with Crippen LogP contribution in [0.1, 0.15) is 18.0 Å². The first-order chi connectivity index (χ1) is 11.6. The number of likely N-dealkylation sites (N-methyl/N-ethyl adjacent to an activating group) is 1. The van der Waals surface area contributed by atoms with Crippen molar-refractivity contribution in [2.75, 3.05) is 20.2 Å². The van der Waals surface area contributed by atoms with Gasteiger partial charge in [-0.2, -0.15) is 0 Å². The van der Waals surface area contributed by atoms with Crippen LogP contribution in [-0.2, 0) is 4.79 Å². The molecule has 0 aliphatic carbocycles. The van der Waals surface area contributed by atoms with E-state index in [1.54, 1.807) is 11.9 Å². The average molecular weight is 326 g/mol. The Morgan fingerprint density at radius 2 is 1.83 bits per heavy atom. The third-order valence-corrected chi connectivity index (χ3v) is 4.09. The number of amides is 1. The fraction of sp³-hybridized carbons (Fsp3) is 0.316. The minimum atomic E-state index is -0.301. The number of benzene rings is 2. The molecule has 2 N–H and O–H groups in total. The molecular formula is C19H22N2O3. The standard InChI is InChI=1S/C19H22N2O3/c1-21(19(22)11-16(20)14-7-3-2-4-8-14)12-15-13-23-17-9-5-6-10-18(17)24-15/h2-10,15-16H,11-13,20H2,1H3/t15-,16+/m1/s1. The van der Waals surface area contributed by atoms with Gasteiger partial charge in [0.1, 0.15) is 6.61 Å². The van der Waals surface area contributed by atoms with Gasteiger partial charge in [0, 0.05) is 19.5 Å². The topological polar surface area (TPSA) is 64.8 Å². The molecule has 5 nitrogen and oxygen atoms in total. The van der Waals surface area contributed by atoms with Crippen molar-refractivity contribution in [3.8, 4) is 11.5 Å². The van der Waals surface area contributed by atoms with Crippen molar-refractivity contribution in [2.24, 2.45) is 5.73 Å². The van der Waals surface area contributed by atoms with E-state index < -0.39 is 0 Å². The van der Waals surface area contributed by atoms with Crippen molar-refractivity contribution in [1.82, 2.24) is 4.90 Å². The van der Waals surface area contributed by atoms with Crippen LogP contribution in [0.2, 0.25) is 0 Å². The van der Waals surface area contributed by atoms with Crippen molar-refractivity contribution in [3.63, 3.8) is 0 Å². The Labute approximate surface area is 142 Å². The highest BCUT2D eigenvalue weighted by Gasteiger charge is 2.24. The van der Waals surface area contributed by atoms with Crippen LogP contribution in [0.3, 0.4) is 0 Å². The van der Waals surface area contributed by atoms with Gasteiger partial charge in [0.05, 0.1) is 6.54 Å². The van der Waals surface area contributed by atoms with Gasteiger partial charge in [-0.05, 0) is 17.7 Å². The van der Waals surface area contributed by atoms with Gasteiger partial charge in [-0.3, -0.25) is 4.79 Å². The van der Waals surface area contributed by atoms with Gasteiger partial charge in [-0.25, -0.2) is 0 Å². The summed E-state index contributed by atoms with van der Waals surface area (Å²) < 4.78 is 11.6. The van der Waals surface area contributed by atoms with E-state index in [-0.39, 0.29) is 24.5 Å². The van der Waals surface area contributed by atoms with Crippen LogP contribution in [-0.4, -0.2) is 37.1 Å². The Morgan fingerprint density at radius 1 is 1.17 bits per heavy atom. The van der Waals surface area contributed by atoms with Gasteiger partial charge in [0.2, 0.25) is 5.91 Å². The number of fused-ring (bicyclic) bond motifs is 1. The zero-order valence-electron chi connectivity index (χ0n) is 13.7. The van der Waals surface area contributed by atoms with E-state index in [0.717, 1.165) is 17.1 Å². The third kappa shape index (κ3) is 3.86. The summed E-state index contributed by atoms with van der Waals surface area (Å²) >= 11 is 0. The molecule has 5 heteroatoms. The number of nitrogens with zero attached hydrogens (tertiary/aromatic N) is 1. The first kappa shape index (κ1) is 16.3. The number of carbonyl (C=O) groups excluding carboxylic acids is 1. The maximum absolute atomic E-state index is 12.4. The molecule has 1 aliphatic heterocycles. The lowest BCUT2D eigenvalue weighted by atomic mass is 10.0. The maximum Gasteiger partial charge on any atom is 0.224 e. The number of carbonyl (C=O) groups is 1. The van der Waals surface area contributed by atoms with E-state index in [2.05, 4.69) is 0 Å². The summed E-state index contributed by atoms with van der Waals surface area (Å²) in [7, 11) is 1.77. The Kier molecular flexibility index (Phi) is 5.01. The number of hydrogen-bond donors (Lipinski definition) is 1. The van der Waals surface area contributed by atoms with Gasteiger partial charge in [-0.1, -0.05) is 42.5 Å². The lowest BCUT2D eigenvalue weighted by Gasteiger charge is -2.30. The number of nitrogens with two attached hydrogens (primary N) is 1. The molecule has 0 aromatic heterocycles. The minimum Gasteiger partial charge on any atom is -0.486 e. The molecule has 1 amide bonds. The molecular weight excluding hydrogens is 304 g/mol. The molecule has 24 heavy (non-hydrogen) atoms. The molecule has 0 spiro atoms. The highest BCUT2D eigenvalue weighted by molar-refractivity contribution is 5.76. The quantitative estimate of drug-likeness (QED) is 0.916. The van der Waals surface area contributed by atoms with E-state index >= 15 is 0 Å². The molecule has 126 valence electrons. The van der Waals surface area contributed by atoms with E-state index in [1.807, 2.05) is 54.6 Å². The van der Waals surface area contributed by atoms with E-state index in [1.165, 1.54) is 0 Å². The summed E-state index contributed by atoms with van der Waals surface area (Å²) in [5.41, 5.74) is 7.09. The minimum absolute atomic E-state index is 0.00573. The van der Waals surface area contributed by atoms with Crippen LogP contribution < -0.4 is 15.2 Å². The molecule has 0 radical (unpaired) electrons. The van der Waals surface area contributed by atoms with E-state index in [4.69, 9.17) is 15.2 Å². The first-order valence-electron chi connectivity index (χ1n) is 8.06. The SMILES string of the molecule is CN(C[C@@H]1COc2ccccc2O1)C(=O)C[C@H](N)c1ccccc1. The molecule has 0 bridgehead atoms. The lowest BCUT2D eigenvalue weighted by Crippen LogP contribution is -2.42. The Morgan fingerprint density at radius 3 is 2.58 bits per heavy atom. The van der Waals surface area contributed by atoms with Crippen LogP contribution in [0.4, 0.5) is 0 Å². The third-order valence-electron chi connectivity index (χ3n) is 4.09. The molecule has 2 aromatic carbocycles. The van der Waals surface area contributed by atoms with Gasteiger partial charge < -0.3 is 20.1 Å². The highest BCUT2D eigenvalue weighted by atomic mass is 16.6. The molecule has 1 heterocycles. The monoisotopic (exact) mass is 326 g/mol. The second-order valence-corrected chi connectivity index (χ2v) is 5.99. The molecule has 0 saturated heterocycles. The zero-order chi connectivity index (χ0) is 16.9. The van der Waals surface area contributed by atoms with Gasteiger partial charge in [-0.15, -0.1) is 0 Å². The van der Waals surface area contributed by atoms with Crippen LogP contribution >= 0.6 is 0 Å². The second-order valence-electron chi connectivity index (χ2n) is 5.99. The molecule has 0 saturated carbocycles. The van der Waals surface area contributed by atoms with Crippen LogP contribution in [0.25, 0.3) is 0 Å². The van der Waals surface area contributed by atoms with Crippen molar-refractivity contribution >= 4 is 5.91 Å². The molecule has 3 rings (SSSR count). The highest BCUT2D eigenvalue weighted by Crippen LogP contribution is 2.31. The number of para-hydroxylation sites is 2. The Bertz CT molecular complexity index is 690. The summed E-state index contributed by atoms with van der Waals surface area (Å²) in [6, 6.07) is 16.9. The van der Waals surface area contributed by atoms with Crippen molar-refractivity contribution < 1.29 is 14.3 Å². The summed E-state index contributed by atoms with van der Waals surface area (Å²) in [5.74, 6) is 1.46. The summed E-state index contributed by atoms with van der Waals surface area (Å²) in [6.45, 7) is 0.897. The first-order valence-corrected chi connectivity index (χ1v) is 8.06. The predicted molar refractivity (Wildman–Crippen MR) is 92.0 cm³/mol. The van der Waals surface area contributed by atoms with Gasteiger partial charge in [0.15, 0.2) is 17.6 Å². The van der Waals surface area contributed by atoms with Crippen molar-refractivity contribution in [2.45, 2.75) is 18.6 Å². The number of rotatable bonds is 5. The summed E-state index contributed by atoms with van der Waals surface area (Å²) in [6.07, 6.45) is 0.0896. The fourth-order valence-electron chi connectivity index (χ4n) is 2.72. The van der Waals surface area contributed by atoms with Crippen molar-refractivity contribution in [1.29, 1.82) is 0 Å². The second kappa shape index (κ2) is 7.36. The van der Waals surface area contributed by atoms with Crippen LogP contribution in [0, 0.1) is 0 Å². The normalized spacial score (nSPS) is 17.2. The molecule has 2 atom stereocenters. The van der Waals surface area contributed by atoms with E-state index in [9.17, 15) is 4.79 Å². The van der Waals surface area contributed by atoms with E-state index in [0.29, 0.717) is 13.2 Å². The maximum atomic E-state index is 12.4. The lowest BCUT2D eigenvalue weighted by molar-refractivity contribution is -0.131. The predicted octanol–water partition coefficient (Wildman–Crippen LogP) is 2.37. The Hall–Kier alpha value is -2.53. The number of hydrogen-bond acceptors (Lipinski definition) is 4. The molecule has 1 aliphatic rings. The van der Waals surface area contributed by atoms with Gasteiger partial charge in [0.25, 0.3) is 0 Å². The summed E-state index contributed by atoms with van der Waals surface area (Å²) in [5, 5.41) is 0. The summed E-state index contributed by atoms with van der Waals surface area (Å²) in [4.78, 5) is 14.1.